The van der Waals surface area contributed by atoms with E-state index in [1.807, 2.05) is 18.2 Å². The first-order valence-corrected chi connectivity index (χ1v) is 7.07. The molecule has 7 heteroatoms. The quantitative estimate of drug-likeness (QED) is 0.835. The molecule has 1 unspecified atom stereocenters. The Kier molecular flexibility index (Phi) is 5.35. The molecule has 0 aliphatic heterocycles. The molecule has 1 fully saturated rings. The van der Waals surface area contributed by atoms with Gasteiger partial charge in [-0.1, -0.05) is 30.3 Å². The van der Waals surface area contributed by atoms with Crippen molar-refractivity contribution in [2.75, 3.05) is 0 Å². The number of carbonyl (C=O) groups is 3. The van der Waals surface area contributed by atoms with Crippen molar-refractivity contribution in [1.29, 1.82) is 0 Å². The number of carbonyl (C=O) groups excluding carboxylic acids is 2. The number of benzene rings is 1. The van der Waals surface area contributed by atoms with Crippen LogP contribution in [0.1, 0.15) is 31.2 Å². The van der Waals surface area contributed by atoms with Crippen molar-refractivity contribution in [3.05, 3.63) is 35.9 Å². The number of nitrogens with zero attached hydrogens (tertiary/aromatic N) is 1. The van der Waals surface area contributed by atoms with E-state index in [0.717, 1.165) is 10.6 Å². The highest BCUT2D eigenvalue weighted by atomic mass is 16.6. The molecule has 2 amide bonds. The Labute approximate surface area is 127 Å². The monoisotopic (exact) mass is 306 g/mol. The van der Waals surface area contributed by atoms with Crippen LogP contribution in [0.25, 0.3) is 0 Å². The van der Waals surface area contributed by atoms with Crippen LogP contribution in [0, 0.1) is 0 Å². The second-order valence-corrected chi connectivity index (χ2v) is 5.11. The molecule has 1 atom stereocenters. The number of hydrogen-bond donors (Lipinski definition) is 2. The summed E-state index contributed by atoms with van der Waals surface area (Å²) in [5.74, 6) is 0.00181. The van der Waals surface area contributed by atoms with Gasteiger partial charge in [0, 0.05) is 12.8 Å². The molecular weight excluding hydrogens is 288 g/mol. The van der Waals surface area contributed by atoms with Crippen LogP contribution >= 0.6 is 0 Å². The van der Waals surface area contributed by atoms with Gasteiger partial charge in [0.15, 0.2) is 0 Å². The van der Waals surface area contributed by atoms with Crippen molar-refractivity contribution >= 4 is 18.0 Å². The van der Waals surface area contributed by atoms with Gasteiger partial charge in [0.2, 0.25) is 0 Å². The van der Waals surface area contributed by atoms with Crippen LogP contribution in [0.5, 0.6) is 0 Å². The molecule has 0 spiro atoms. The minimum Gasteiger partial charge on any atom is -0.464 e. The Bertz CT molecular complexity index is 546. The average Bonchev–Trinajstić information content (AvgIpc) is 2.51. The molecule has 0 radical (unpaired) electrons. The minimum absolute atomic E-state index is 0.00181. The van der Waals surface area contributed by atoms with E-state index in [1.54, 1.807) is 12.1 Å². The highest BCUT2D eigenvalue weighted by Gasteiger charge is 2.30. The Hall–Kier alpha value is -2.57. The van der Waals surface area contributed by atoms with Gasteiger partial charge in [0.1, 0.15) is 12.4 Å². The number of ether oxygens (including phenoxy) is 1. The molecule has 1 saturated carbocycles. The van der Waals surface area contributed by atoms with Crippen LogP contribution < -0.4 is 5.43 Å². The van der Waals surface area contributed by atoms with Crippen molar-refractivity contribution in [3.63, 3.8) is 0 Å². The van der Waals surface area contributed by atoms with Gasteiger partial charge in [-0.05, 0) is 18.4 Å². The largest absolute Gasteiger partial charge is 0.464 e. The lowest BCUT2D eigenvalue weighted by molar-refractivity contribution is -0.122. The summed E-state index contributed by atoms with van der Waals surface area (Å²) in [5.41, 5.74) is 3.00. The van der Waals surface area contributed by atoms with Crippen LogP contribution in [-0.4, -0.2) is 34.1 Å². The Balaban J connectivity index is 1.88. The first-order chi connectivity index (χ1) is 10.6. The summed E-state index contributed by atoms with van der Waals surface area (Å²) < 4.78 is 4.99. The van der Waals surface area contributed by atoms with Crippen LogP contribution in [0.15, 0.2) is 30.3 Å². The zero-order valence-corrected chi connectivity index (χ0v) is 12.0. The van der Waals surface area contributed by atoms with Crippen LogP contribution in [0.4, 0.5) is 9.59 Å². The normalized spacial score (nSPS) is 17.6. The number of Topliss-reactive ketones (excluding diaryl/α,β-unsaturated/α-hetero) is 1. The van der Waals surface area contributed by atoms with Gasteiger partial charge in [0.25, 0.3) is 0 Å². The summed E-state index contributed by atoms with van der Waals surface area (Å²) in [4.78, 5) is 34.4. The molecule has 2 rings (SSSR count). The van der Waals surface area contributed by atoms with Crippen molar-refractivity contribution in [2.24, 2.45) is 0 Å². The summed E-state index contributed by atoms with van der Waals surface area (Å²) in [5, 5.41) is 9.96. The highest BCUT2D eigenvalue weighted by molar-refractivity contribution is 5.81. The van der Waals surface area contributed by atoms with Crippen LogP contribution in [0.3, 0.4) is 0 Å². The van der Waals surface area contributed by atoms with Gasteiger partial charge >= 0.3 is 12.2 Å². The Morgan fingerprint density at radius 1 is 1.32 bits per heavy atom. The van der Waals surface area contributed by atoms with Gasteiger partial charge < -0.3 is 9.84 Å². The molecule has 1 aromatic carbocycles. The summed E-state index contributed by atoms with van der Waals surface area (Å²) in [6.07, 6.45) is -0.431. The first kappa shape index (κ1) is 15.8. The Morgan fingerprint density at radius 2 is 2.05 bits per heavy atom. The maximum Gasteiger partial charge on any atom is 0.426 e. The lowest BCUT2D eigenvalue weighted by Crippen LogP contribution is -2.53. The maximum atomic E-state index is 11.7. The van der Waals surface area contributed by atoms with E-state index in [9.17, 15) is 19.5 Å². The molecule has 0 heterocycles. The SMILES string of the molecule is O=C1CCCC(N(NC(=O)OCc2ccccc2)C(=O)O)C1. The predicted octanol–water partition coefficient (Wildman–Crippen LogP) is 2.32. The number of hydrazine groups is 1. The van der Waals surface area contributed by atoms with Crippen molar-refractivity contribution < 1.29 is 24.2 Å². The fourth-order valence-corrected chi connectivity index (χ4v) is 2.37. The third kappa shape index (κ3) is 4.47. The molecule has 2 N–H and O–H groups in total. The molecule has 1 aromatic rings. The fourth-order valence-electron chi connectivity index (χ4n) is 2.37. The average molecular weight is 306 g/mol. The van der Waals surface area contributed by atoms with Crippen LogP contribution in [0.2, 0.25) is 0 Å². The summed E-state index contributed by atoms with van der Waals surface area (Å²) >= 11 is 0. The van der Waals surface area contributed by atoms with Crippen molar-refractivity contribution in [3.8, 4) is 0 Å². The molecule has 22 heavy (non-hydrogen) atoms. The first-order valence-electron chi connectivity index (χ1n) is 7.07. The molecular formula is C15H18N2O5. The van der Waals surface area contributed by atoms with E-state index in [2.05, 4.69) is 5.43 Å². The third-order valence-corrected chi connectivity index (χ3v) is 3.45. The van der Waals surface area contributed by atoms with Gasteiger partial charge in [0.05, 0.1) is 6.04 Å². The number of hydrogen-bond acceptors (Lipinski definition) is 4. The molecule has 7 nitrogen and oxygen atoms in total. The van der Waals surface area contributed by atoms with Crippen molar-refractivity contribution in [1.82, 2.24) is 10.4 Å². The highest BCUT2D eigenvalue weighted by Crippen LogP contribution is 2.19. The number of rotatable bonds is 3. The summed E-state index contributed by atoms with van der Waals surface area (Å²) in [6, 6.07) is 8.52. The second kappa shape index (κ2) is 7.44. The topological polar surface area (TPSA) is 95.9 Å². The van der Waals surface area contributed by atoms with E-state index in [-0.39, 0.29) is 18.8 Å². The van der Waals surface area contributed by atoms with Crippen molar-refractivity contribution in [2.45, 2.75) is 38.3 Å². The summed E-state index contributed by atoms with van der Waals surface area (Å²) in [7, 11) is 0. The van der Waals surface area contributed by atoms with E-state index >= 15 is 0 Å². The maximum absolute atomic E-state index is 11.7. The van der Waals surface area contributed by atoms with Gasteiger partial charge in [-0.25, -0.2) is 20.0 Å². The predicted molar refractivity (Wildman–Crippen MR) is 76.9 cm³/mol. The third-order valence-electron chi connectivity index (χ3n) is 3.45. The molecule has 1 aliphatic rings. The Morgan fingerprint density at radius 3 is 2.68 bits per heavy atom. The second-order valence-electron chi connectivity index (χ2n) is 5.11. The molecule has 118 valence electrons. The van der Waals surface area contributed by atoms with Gasteiger partial charge in [-0.15, -0.1) is 0 Å². The van der Waals surface area contributed by atoms with Gasteiger partial charge in [-0.3, -0.25) is 4.79 Å². The smallest absolute Gasteiger partial charge is 0.426 e. The molecule has 0 bridgehead atoms. The van der Waals surface area contributed by atoms with Crippen LogP contribution in [-0.2, 0) is 16.1 Å². The van der Waals surface area contributed by atoms with Gasteiger partial charge in [-0.2, -0.15) is 0 Å². The van der Waals surface area contributed by atoms with E-state index in [4.69, 9.17) is 4.74 Å². The molecule has 0 saturated heterocycles. The van der Waals surface area contributed by atoms with E-state index < -0.39 is 18.2 Å². The van der Waals surface area contributed by atoms with E-state index in [1.165, 1.54) is 0 Å². The molecule has 1 aliphatic carbocycles. The summed E-state index contributed by atoms with van der Waals surface area (Å²) in [6.45, 7) is 0.0454. The fraction of sp³-hybridized carbons (Fsp3) is 0.400. The lowest BCUT2D eigenvalue weighted by atomic mass is 9.94. The minimum atomic E-state index is -1.31. The standard InChI is InChI=1S/C15H18N2O5/c18-13-8-4-7-12(9-13)17(15(20)21)16-14(19)22-10-11-5-2-1-3-6-11/h1-3,5-6,12H,4,7-10H2,(H,16,19)(H,20,21). The zero-order chi connectivity index (χ0) is 15.9. The number of ketones is 1. The number of carboxylic acid groups (broad SMARTS) is 1. The number of amides is 2. The number of nitrogens with one attached hydrogen (secondary N) is 1. The molecule has 0 aromatic heterocycles. The zero-order valence-electron chi connectivity index (χ0n) is 12.0. The lowest BCUT2D eigenvalue weighted by Gasteiger charge is -2.30. The van der Waals surface area contributed by atoms with E-state index in [0.29, 0.717) is 19.3 Å².